The number of pyridine rings is 1. The number of fused-ring (bicyclic) bond motifs is 1. The Kier molecular flexibility index (Phi) is 8.90. The van der Waals surface area contributed by atoms with Crippen molar-refractivity contribution in [1.82, 2.24) is 15.6 Å². The molecule has 0 aliphatic carbocycles. The largest absolute Gasteiger partial charge is 0.469 e. The molecule has 1 aromatic carbocycles. The third kappa shape index (κ3) is 6.74. The van der Waals surface area contributed by atoms with Gasteiger partial charge in [0.1, 0.15) is 11.6 Å². The van der Waals surface area contributed by atoms with E-state index in [2.05, 4.69) is 45.0 Å². The summed E-state index contributed by atoms with van der Waals surface area (Å²) in [5.41, 5.74) is 0.998. The maximum Gasteiger partial charge on any atom is 0.191 e. The number of furan rings is 1. The second-order valence-corrected chi connectivity index (χ2v) is 5.83. The van der Waals surface area contributed by atoms with E-state index in [0.717, 1.165) is 54.5 Å². The number of hydrogen-bond donors (Lipinski definition) is 3. The topological polar surface area (TPSA) is 74.5 Å². The molecule has 0 amide bonds. The molecular formula is C20H26IN5O. The first-order valence-corrected chi connectivity index (χ1v) is 8.99. The van der Waals surface area contributed by atoms with Crippen molar-refractivity contribution < 1.29 is 4.42 Å². The van der Waals surface area contributed by atoms with Gasteiger partial charge in [-0.05, 0) is 37.3 Å². The van der Waals surface area contributed by atoms with Crippen LogP contribution in [0, 0.1) is 0 Å². The van der Waals surface area contributed by atoms with Gasteiger partial charge >= 0.3 is 0 Å². The summed E-state index contributed by atoms with van der Waals surface area (Å²) >= 11 is 0. The number of aromatic nitrogens is 1. The first-order valence-electron chi connectivity index (χ1n) is 8.99. The lowest BCUT2D eigenvalue weighted by Gasteiger charge is -2.12. The van der Waals surface area contributed by atoms with Crippen molar-refractivity contribution in [3.8, 4) is 0 Å². The van der Waals surface area contributed by atoms with Crippen molar-refractivity contribution in [3.63, 3.8) is 0 Å². The molecule has 0 saturated carbocycles. The van der Waals surface area contributed by atoms with E-state index in [9.17, 15) is 0 Å². The number of nitrogens with one attached hydrogen (secondary N) is 3. The fourth-order valence-corrected chi connectivity index (χ4v) is 2.61. The zero-order valence-corrected chi connectivity index (χ0v) is 17.8. The molecule has 0 aliphatic heterocycles. The minimum Gasteiger partial charge on any atom is -0.469 e. The Balaban J connectivity index is 0.00000261. The summed E-state index contributed by atoms with van der Waals surface area (Å²) in [7, 11) is 0. The van der Waals surface area contributed by atoms with E-state index >= 15 is 0 Å². The highest BCUT2D eigenvalue weighted by molar-refractivity contribution is 14.0. The van der Waals surface area contributed by atoms with Crippen LogP contribution in [0.1, 0.15) is 12.7 Å². The molecule has 0 unspecified atom stereocenters. The summed E-state index contributed by atoms with van der Waals surface area (Å²) in [5, 5.41) is 11.1. The average Bonchev–Trinajstić information content (AvgIpc) is 3.18. The maximum atomic E-state index is 5.33. The minimum atomic E-state index is 0. The molecule has 0 radical (unpaired) electrons. The summed E-state index contributed by atoms with van der Waals surface area (Å²) in [6.07, 6.45) is 2.48. The molecule has 3 N–H and O–H groups in total. The molecule has 0 atom stereocenters. The van der Waals surface area contributed by atoms with Gasteiger partial charge in [-0.3, -0.25) is 4.99 Å². The zero-order chi connectivity index (χ0) is 18.0. The third-order valence-corrected chi connectivity index (χ3v) is 3.87. The molecule has 3 aromatic rings. The van der Waals surface area contributed by atoms with Gasteiger partial charge < -0.3 is 20.4 Å². The number of para-hydroxylation sites is 1. The molecular weight excluding hydrogens is 453 g/mol. The maximum absolute atomic E-state index is 5.33. The van der Waals surface area contributed by atoms with Crippen molar-refractivity contribution >= 4 is 46.7 Å². The van der Waals surface area contributed by atoms with Crippen LogP contribution in [-0.2, 0) is 6.42 Å². The Morgan fingerprint density at radius 2 is 1.93 bits per heavy atom. The Morgan fingerprint density at radius 3 is 2.74 bits per heavy atom. The van der Waals surface area contributed by atoms with Crippen LogP contribution in [0.25, 0.3) is 10.9 Å². The molecule has 0 bridgehead atoms. The zero-order valence-electron chi connectivity index (χ0n) is 15.4. The minimum absolute atomic E-state index is 0. The smallest absolute Gasteiger partial charge is 0.191 e. The SMILES string of the molecule is CCNC(=NCCc1ccco1)NCCNc1ccc2ccccc2n1.I. The quantitative estimate of drug-likeness (QED) is 0.199. The highest BCUT2D eigenvalue weighted by Crippen LogP contribution is 2.14. The van der Waals surface area contributed by atoms with Crippen LogP contribution < -0.4 is 16.0 Å². The second kappa shape index (κ2) is 11.4. The molecule has 0 fully saturated rings. The summed E-state index contributed by atoms with van der Waals surface area (Å²) in [5.74, 6) is 2.64. The van der Waals surface area contributed by atoms with Gasteiger partial charge in [0.25, 0.3) is 0 Å². The number of nitrogens with zero attached hydrogens (tertiary/aromatic N) is 2. The average molecular weight is 479 g/mol. The molecule has 2 aromatic heterocycles. The monoisotopic (exact) mass is 479 g/mol. The Labute approximate surface area is 176 Å². The molecule has 3 rings (SSSR count). The van der Waals surface area contributed by atoms with Crippen LogP contribution in [-0.4, -0.2) is 37.1 Å². The van der Waals surface area contributed by atoms with Crippen molar-refractivity contribution in [1.29, 1.82) is 0 Å². The van der Waals surface area contributed by atoms with Crippen LogP contribution in [0.15, 0.2) is 64.2 Å². The lowest BCUT2D eigenvalue weighted by molar-refractivity contribution is 0.510. The lowest BCUT2D eigenvalue weighted by Crippen LogP contribution is -2.39. The summed E-state index contributed by atoms with van der Waals surface area (Å²) in [6.45, 7) is 5.07. The van der Waals surface area contributed by atoms with Gasteiger partial charge in [-0.25, -0.2) is 4.98 Å². The molecule has 7 heteroatoms. The van der Waals surface area contributed by atoms with Gasteiger partial charge in [-0.15, -0.1) is 24.0 Å². The van der Waals surface area contributed by atoms with Crippen LogP contribution >= 0.6 is 24.0 Å². The summed E-state index contributed by atoms with van der Waals surface area (Å²) in [6, 6.07) is 16.1. The lowest BCUT2D eigenvalue weighted by atomic mass is 10.2. The first kappa shape index (κ1) is 21.0. The Bertz CT molecular complexity index is 835. The Morgan fingerprint density at radius 1 is 1.04 bits per heavy atom. The molecule has 0 aliphatic rings. The summed E-state index contributed by atoms with van der Waals surface area (Å²) in [4.78, 5) is 9.18. The van der Waals surface area contributed by atoms with E-state index in [0.29, 0.717) is 6.54 Å². The van der Waals surface area contributed by atoms with Gasteiger partial charge in [0.15, 0.2) is 5.96 Å². The highest BCUT2D eigenvalue weighted by atomic mass is 127. The number of aliphatic imine (C=N–C) groups is 1. The van der Waals surface area contributed by atoms with Gasteiger partial charge in [0, 0.05) is 38.0 Å². The predicted molar refractivity (Wildman–Crippen MR) is 122 cm³/mol. The fourth-order valence-electron chi connectivity index (χ4n) is 2.61. The molecule has 0 spiro atoms. The molecule has 6 nitrogen and oxygen atoms in total. The number of hydrogen-bond acceptors (Lipinski definition) is 4. The third-order valence-electron chi connectivity index (χ3n) is 3.87. The van der Waals surface area contributed by atoms with Crippen molar-refractivity contribution in [2.75, 3.05) is 31.5 Å². The van der Waals surface area contributed by atoms with Crippen molar-refractivity contribution in [2.45, 2.75) is 13.3 Å². The number of anilines is 1. The Hall–Kier alpha value is -2.29. The van der Waals surface area contributed by atoms with E-state index in [-0.39, 0.29) is 24.0 Å². The van der Waals surface area contributed by atoms with Gasteiger partial charge in [0.05, 0.1) is 11.8 Å². The van der Waals surface area contributed by atoms with Crippen LogP contribution in [0.2, 0.25) is 0 Å². The number of halogens is 1. The summed E-state index contributed by atoms with van der Waals surface area (Å²) < 4.78 is 5.33. The van der Waals surface area contributed by atoms with E-state index in [4.69, 9.17) is 4.42 Å². The van der Waals surface area contributed by atoms with Crippen molar-refractivity contribution in [3.05, 3.63) is 60.6 Å². The number of benzene rings is 1. The van der Waals surface area contributed by atoms with Gasteiger partial charge in [0.2, 0.25) is 0 Å². The highest BCUT2D eigenvalue weighted by Gasteiger charge is 2.00. The number of rotatable bonds is 8. The molecule has 144 valence electrons. The van der Waals surface area contributed by atoms with Crippen LogP contribution in [0.3, 0.4) is 0 Å². The van der Waals surface area contributed by atoms with Crippen LogP contribution in [0.4, 0.5) is 5.82 Å². The second-order valence-electron chi connectivity index (χ2n) is 5.83. The molecule has 27 heavy (non-hydrogen) atoms. The van der Waals surface area contributed by atoms with E-state index in [1.165, 1.54) is 0 Å². The van der Waals surface area contributed by atoms with Crippen LogP contribution in [0.5, 0.6) is 0 Å². The van der Waals surface area contributed by atoms with Crippen molar-refractivity contribution in [2.24, 2.45) is 4.99 Å². The van der Waals surface area contributed by atoms with Gasteiger partial charge in [-0.2, -0.15) is 0 Å². The van der Waals surface area contributed by atoms with E-state index < -0.39 is 0 Å². The standard InChI is InChI=1S/C20H25N5O.HI/c1-2-21-20(23-12-11-17-7-5-15-26-17)24-14-13-22-19-10-9-16-6-3-4-8-18(16)25-19;/h3-10,15H,2,11-14H2,1H3,(H,22,25)(H2,21,23,24);1H. The predicted octanol–water partition coefficient (Wildman–Crippen LogP) is 3.66. The fraction of sp³-hybridized carbons (Fsp3) is 0.300. The van der Waals surface area contributed by atoms with E-state index in [1.807, 2.05) is 36.4 Å². The number of guanidine groups is 1. The van der Waals surface area contributed by atoms with Gasteiger partial charge in [-0.1, -0.05) is 18.2 Å². The molecule has 2 heterocycles. The molecule has 0 saturated heterocycles. The van der Waals surface area contributed by atoms with E-state index in [1.54, 1.807) is 6.26 Å². The normalized spacial score (nSPS) is 11.1. The first-order chi connectivity index (χ1) is 12.8.